The van der Waals surface area contributed by atoms with Gasteiger partial charge in [0.2, 0.25) is 0 Å². The average Bonchev–Trinajstić information content (AvgIpc) is 2.69. The van der Waals surface area contributed by atoms with Crippen LogP contribution in [-0.4, -0.2) is 10.1 Å². The van der Waals surface area contributed by atoms with E-state index >= 15 is 0 Å². The Morgan fingerprint density at radius 1 is 0.600 bits per heavy atom. The monoisotopic (exact) mass is 323 g/mol. The number of hydrogen-bond acceptors (Lipinski definition) is 2. The predicted octanol–water partition coefficient (Wildman–Crippen LogP) is 5.71. The second kappa shape index (κ2) is 6.62. The van der Waals surface area contributed by atoms with Gasteiger partial charge in [-0.15, -0.1) is 0 Å². The van der Waals surface area contributed by atoms with Gasteiger partial charge in [-0.3, -0.25) is 0 Å². The summed E-state index contributed by atoms with van der Waals surface area (Å²) in [7, 11) is 0. The number of aromatic nitrogens is 1. The van der Waals surface area contributed by atoms with Crippen molar-refractivity contribution < 1.29 is 5.11 Å². The van der Waals surface area contributed by atoms with Crippen molar-refractivity contribution in [3.63, 3.8) is 0 Å². The van der Waals surface area contributed by atoms with Gasteiger partial charge in [0.1, 0.15) is 11.5 Å². The zero-order valence-corrected chi connectivity index (χ0v) is 13.6. The third-order valence-electron chi connectivity index (χ3n) is 4.20. The summed E-state index contributed by atoms with van der Waals surface area (Å²) >= 11 is 0. The van der Waals surface area contributed by atoms with E-state index in [1.807, 2.05) is 97.1 Å². The lowest BCUT2D eigenvalue weighted by Gasteiger charge is -2.12. The normalized spacial score (nSPS) is 10.6. The van der Waals surface area contributed by atoms with E-state index in [0.717, 1.165) is 27.6 Å². The van der Waals surface area contributed by atoms with Crippen LogP contribution in [0.2, 0.25) is 0 Å². The Balaban J connectivity index is 1.95. The van der Waals surface area contributed by atoms with Gasteiger partial charge in [0.15, 0.2) is 0 Å². The first-order chi connectivity index (χ1) is 12.3. The molecular formula is C23H17NO. The second-order valence-electron chi connectivity index (χ2n) is 5.84. The molecule has 4 rings (SSSR count). The molecule has 120 valence electrons. The molecule has 1 N–H and O–H groups in total. The first-order valence-corrected chi connectivity index (χ1v) is 8.23. The number of fused-ring (bicyclic) bond motifs is 1. The maximum absolute atomic E-state index is 11.1. The summed E-state index contributed by atoms with van der Waals surface area (Å²) in [4.78, 5) is 4.64. The summed E-state index contributed by atoms with van der Waals surface area (Å²) in [6, 6.07) is 31.6. The van der Waals surface area contributed by atoms with Crippen molar-refractivity contribution in [1.29, 1.82) is 0 Å². The van der Waals surface area contributed by atoms with Crippen LogP contribution < -0.4 is 0 Å². The summed E-state index contributed by atoms with van der Waals surface area (Å²) in [5.74, 6) is 0.183. The van der Waals surface area contributed by atoms with E-state index in [4.69, 9.17) is 0 Å². The Bertz CT molecular complexity index is 996. The Kier molecular flexibility index (Phi) is 4.01. The lowest BCUT2D eigenvalue weighted by molar-refractivity contribution is 0.511. The van der Waals surface area contributed by atoms with Gasteiger partial charge in [0, 0.05) is 11.0 Å². The minimum Gasteiger partial charge on any atom is -0.505 e. The minimum atomic E-state index is 0.183. The molecule has 0 atom stereocenters. The molecule has 2 heteroatoms. The first kappa shape index (κ1) is 15.2. The van der Waals surface area contributed by atoms with Crippen LogP contribution in [0.3, 0.4) is 0 Å². The highest BCUT2D eigenvalue weighted by molar-refractivity contribution is 5.95. The molecule has 2 nitrogen and oxygen atoms in total. The molecule has 0 unspecified atom stereocenters. The van der Waals surface area contributed by atoms with E-state index in [1.165, 1.54) is 0 Å². The van der Waals surface area contributed by atoms with Crippen LogP contribution in [0.15, 0.2) is 97.1 Å². The van der Waals surface area contributed by atoms with Crippen molar-refractivity contribution in [3.05, 3.63) is 114 Å². The predicted molar refractivity (Wildman–Crippen MR) is 103 cm³/mol. The van der Waals surface area contributed by atoms with E-state index in [0.29, 0.717) is 5.69 Å². The molecule has 25 heavy (non-hydrogen) atoms. The van der Waals surface area contributed by atoms with Gasteiger partial charge in [0.05, 0.1) is 5.52 Å². The maximum atomic E-state index is 11.1. The van der Waals surface area contributed by atoms with Crippen LogP contribution >= 0.6 is 0 Å². The molecule has 0 saturated carbocycles. The van der Waals surface area contributed by atoms with E-state index in [-0.39, 0.29) is 5.76 Å². The number of benzene rings is 3. The third kappa shape index (κ3) is 3.02. The summed E-state index contributed by atoms with van der Waals surface area (Å²) in [6.07, 6.45) is 0. The molecular weight excluding hydrogens is 306 g/mol. The van der Waals surface area contributed by atoms with Gasteiger partial charge < -0.3 is 5.11 Å². The van der Waals surface area contributed by atoms with Crippen molar-refractivity contribution in [2.45, 2.75) is 0 Å². The molecule has 3 aromatic carbocycles. The zero-order valence-electron chi connectivity index (χ0n) is 13.6. The van der Waals surface area contributed by atoms with E-state index in [2.05, 4.69) is 4.98 Å². The molecule has 0 radical (unpaired) electrons. The Morgan fingerprint density at radius 3 is 1.80 bits per heavy atom. The van der Waals surface area contributed by atoms with Gasteiger partial charge in [-0.05, 0) is 23.3 Å². The number of nitrogens with zero attached hydrogens (tertiary/aromatic N) is 1. The number of rotatable bonds is 3. The Hall–Kier alpha value is -3.39. The van der Waals surface area contributed by atoms with Gasteiger partial charge in [-0.2, -0.15) is 0 Å². The van der Waals surface area contributed by atoms with E-state index in [1.54, 1.807) is 0 Å². The Labute approximate surface area is 146 Å². The second-order valence-corrected chi connectivity index (χ2v) is 5.84. The first-order valence-electron chi connectivity index (χ1n) is 8.23. The number of aliphatic hydroxyl groups is 1. The fourth-order valence-corrected chi connectivity index (χ4v) is 2.98. The molecule has 0 saturated heterocycles. The van der Waals surface area contributed by atoms with Gasteiger partial charge in [-0.1, -0.05) is 84.9 Å². The fourth-order valence-electron chi connectivity index (χ4n) is 2.98. The van der Waals surface area contributed by atoms with Crippen LogP contribution in [0, 0.1) is 0 Å². The van der Waals surface area contributed by atoms with E-state index in [9.17, 15) is 5.11 Å². The zero-order chi connectivity index (χ0) is 17.1. The summed E-state index contributed by atoms with van der Waals surface area (Å²) in [5.41, 5.74) is 4.14. The van der Waals surface area contributed by atoms with Crippen LogP contribution in [0.5, 0.6) is 0 Å². The smallest absolute Gasteiger partial charge is 0.149 e. The number of para-hydroxylation sites is 1. The van der Waals surface area contributed by atoms with Gasteiger partial charge in [0.25, 0.3) is 0 Å². The third-order valence-corrected chi connectivity index (χ3v) is 4.20. The SMILES string of the molecule is OC(=C(c1ccccc1)c1ccccc1)c1ccc2ccccc2n1. The molecule has 0 aliphatic rings. The highest BCUT2D eigenvalue weighted by Crippen LogP contribution is 2.30. The molecule has 0 aliphatic heterocycles. The molecule has 1 aromatic heterocycles. The molecule has 0 aliphatic carbocycles. The molecule has 0 fully saturated rings. The molecule has 4 aromatic rings. The van der Waals surface area contributed by atoms with E-state index < -0.39 is 0 Å². The summed E-state index contributed by atoms with van der Waals surface area (Å²) in [5, 5.41) is 12.1. The Morgan fingerprint density at radius 2 is 1.16 bits per heavy atom. The molecule has 0 amide bonds. The summed E-state index contributed by atoms with van der Waals surface area (Å²) in [6.45, 7) is 0. The van der Waals surface area contributed by atoms with Crippen molar-refractivity contribution >= 4 is 22.2 Å². The molecule has 0 spiro atoms. The lowest BCUT2D eigenvalue weighted by Crippen LogP contribution is -1.97. The topological polar surface area (TPSA) is 33.1 Å². The van der Waals surface area contributed by atoms with Crippen molar-refractivity contribution in [3.8, 4) is 0 Å². The standard InChI is InChI=1S/C23H17NO/c25-23(21-16-15-17-9-7-8-14-20(17)24-21)22(18-10-3-1-4-11-18)19-12-5-2-6-13-19/h1-16,25H. The van der Waals surface area contributed by atoms with Crippen molar-refractivity contribution in [2.24, 2.45) is 0 Å². The van der Waals surface area contributed by atoms with Gasteiger partial charge in [-0.25, -0.2) is 4.98 Å². The van der Waals surface area contributed by atoms with Crippen LogP contribution in [-0.2, 0) is 0 Å². The average molecular weight is 323 g/mol. The molecule has 1 heterocycles. The van der Waals surface area contributed by atoms with Crippen LogP contribution in [0.1, 0.15) is 16.8 Å². The lowest BCUT2D eigenvalue weighted by atomic mass is 9.95. The van der Waals surface area contributed by atoms with Gasteiger partial charge >= 0.3 is 0 Å². The number of aliphatic hydroxyl groups excluding tert-OH is 1. The summed E-state index contributed by atoms with van der Waals surface area (Å²) < 4.78 is 0. The molecule has 0 bridgehead atoms. The largest absolute Gasteiger partial charge is 0.505 e. The quantitative estimate of drug-likeness (QED) is 0.490. The number of pyridine rings is 1. The fraction of sp³-hybridized carbons (Fsp3) is 0. The van der Waals surface area contributed by atoms with Crippen molar-refractivity contribution in [1.82, 2.24) is 4.98 Å². The highest BCUT2D eigenvalue weighted by atomic mass is 16.3. The number of hydrogen-bond donors (Lipinski definition) is 1. The minimum absolute atomic E-state index is 0.183. The highest BCUT2D eigenvalue weighted by Gasteiger charge is 2.14. The van der Waals surface area contributed by atoms with Crippen LogP contribution in [0.4, 0.5) is 0 Å². The van der Waals surface area contributed by atoms with Crippen molar-refractivity contribution in [2.75, 3.05) is 0 Å². The maximum Gasteiger partial charge on any atom is 0.149 e. The van der Waals surface area contributed by atoms with Crippen LogP contribution in [0.25, 0.3) is 22.2 Å².